The Labute approximate surface area is 178 Å². The number of nitrogens with two attached hydrogens (primary N) is 1. The normalized spacial score (nSPS) is 15.3. The molecule has 1 aliphatic rings. The number of primary amides is 1. The summed E-state index contributed by atoms with van der Waals surface area (Å²) < 4.78 is 0. The molecule has 1 aromatic heterocycles. The van der Waals surface area contributed by atoms with E-state index < -0.39 is 5.91 Å². The van der Waals surface area contributed by atoms with E-state index in [4.69, 9.17) is 5.73 Å². The summed E-state index contributed by atoms with van der Waals surface area (Å²) in [5, 5.41) is 3.36. The van der Waals surface area contributed by atoms with Crippen molar-refractivity contribution in [1.29, 1.82) is 0 Å². The molecule has 0 aliphatic heterocycles. The topological polar surface area (TPSA) is 89.3 Å². The van der Waals surface area contributed by atoms with Gasteiger partial charge in [0, 0.05) is 21.6 Å². The van der Waals surface area contributed by atoms with Gasteiger partial charge in [-0.3, -0.25) is 14.4 Å². The first-order chi connectivity index (χ1) is 14.4. The summed E-state index contributed by atoms with van der Waals surface area (Å²) in [7, 11) is 0. The number of nitrogens with one attached hydrogen (secondary N) is 1. The summed E-state index contributed by atoms with van der Waals surface area (Å²) in [6.07, 6.45) is 2.76. The highest BCUT2D eigenvalue weighted by Gasteiger charge is 2.27. The van der Waals surface area contributed by atoms with Crippen molar-refractivity contribution in [3.05, 3.63) is 87.3 Å². The van der Waals surface area contributed by atoms with Crippen LogP contribution in [0.4, 0.5) is 5.00 Å². The van der Waals surface area contributed by atoms with Gasteiger partial charge in [-0.1, -0.05) is 49.4 Å². The van der Waals surface area contributed by atoms with Gasteiger partial charge in [-0.25, -0.2) is 0 Å². The molecule has 3 aromatic rings. The fourth-order valence-corrected chi connectivity index (χ4v) is 5.06. The molecule has 0 spiro atoms. The van der Waals surface area contributed by atoms with Gasteiger partial charge in [0.25, 0.3) is 11.8 Å². The minimum atomic E-state index is -0.513. The summed E-state index contributed by atoms with van der Waals surface area (Å²) in [6, 6.07) is 15.5. The summed E-state index contributed by atoms with van der Waals surface area (Å²) in [5.74, 6) is -0.453. The Kier molecular flexibility index (Phi) is 5.50. The minimum Gasteiger partial charge on any atom is -0.365 e. The standard InChI is InChI=1S/C24H22N2O3S/c1-14-7-12-19-18(13-14)20(22(25)28)24(30-19)26-23(29)17-10-8-16(9-11-17)21(27)15-5-3-2-4-6-15/h2-6,8-11,14H,7,12-13H2,1H3,(H2,25,28)(H,26,29)/t14-/m0/s1. The number of fused-ring (bicyclic) bond motifs is 1. The number of hydrogen-bond donors (Lipinski definition) is 2. The quantitative estimate of drug-likeness (QED) is 0.600. The van der Waals surface area contributed by atoms with E-state index in [9.17, 15) is 14.4 Å². The lowest BCUT2D eigenvalue weighted by atomic mass is 9.87. The van der Waals surface area contributed by atoms with Gasteiger partial charge in [-0.05, 0) is 42.9 Å². The molecular formula is C24H22N2O3S. The first kappa shape index (κ1) is 20.0. The van der Waals surface area contributed by atoms with Crippen LogP contribution >= 0.6 is 11.3 Å². The number of rotatable bonds is 5. The molecule has 1 aliphatic carbocycles. The monoisotopic (exact) mass is 418 g/mol. The van der Waals surface area contributed by atoms with E-state index in [0.717, 1.165) is 29.7 Å². The Bertz CT molecular complexity index is 1120. The molecule has 152 valence electrons. The summed E-state index contributed by atoms with van der Waals surface area (Å²) in [6.45, 7) is 2.15. The predicted octanol–water partition coefficient (Wildman–Crippen LogP) is 4.46. The van der Waals surface area contributed by atoms with Crippen molar-refractivity contribution in [3.8, 4) is 0 Å². The molecule has 0 fully saturated rings. The highest BCUT2D eigenvalue weighted by Crippen LogP contribution is 2.39. The van der Waals surface area contributed by atoms with Crippen LogP contribution in [0, 0.1) is 5.92 Å². The molecule has 2 amide bonds. The molecule has 0 bridgehead atoms. The highest BCUT2D eigenvalue weighted by atomic mass is 32.1. The van der Waals surface area contributed by atoms with Gasteiger partial charge < -0.3 is 11.1 Å². The number of aryl methyl sites for hydroxylation is 1. The van der Waals surface area contributed by atoms with E-state index in [1.807, 2.05) is 18.2 Å². The zero-order chi connectivity index (χ0) is 21.3. The molecule has 0 unspecified atom stereocenters. The van der Waals surface area contributed by atoms with Crippen LogP contribution in [0.1, 0.15) is 60.4 Å². The van der Waals surface area contributed by atoms with Gasteiger partial charge >= 0.3 is 0 Å². The van der Waals surface area contributed by atoms with Crippen molar-refractivity contribution in [3.63, 3.8) is 0 Å². The van der Waals surface area contributed by atoms with Gasteiger partial charge in [0.15, 0.2) is 5.78 Å². The number of amides is 2. The van der Waals surface area contributed by atoms with E-state index in [0.29, 0.717) is 33.2 Å². The van der Waals surface area contributed by atoms with E-state index in [-0.39, 0.29) is 11.7 Å². The molecule has 3 N–H and O–H groups in total. The molecule has 0 saturated heterocycles. The summed E-state index contributed by atoms with van der Waals surface area (Å²) in [4.78, 5) is 38.5. The second kappa shape index (κ2) is 8.24. The largest absolute Gasteiger partial charge is 0.365 e. The Morgan fingerprint density at radius 2 is 1.60 bits per heavy atom. The van der Waals surface area contributed by atoms with Crippen LogP contribution in [0.2, 0.25) is 0 Å². The van der Waals surface area contributed by atoms with E-state index >= 15 is 0 Å². The molecule has 6 heteroatoms. The first-order valence-corrected chi connectivity index (χ1v) is 10.7. The molecule has 0 radical (unpaired) electrons. The van der Waals surface area contributed by atoms with Crippen LogP contribution < -0.4 is 11.1 Å². The molecule has 30 heavy (non-hydrogen) atoms. The SMILES string of the molecule is C[C@H]1CCc2sc(NC(=O)c3ccc(C(=O)c4ccccc4)cc3)c(C(N)=O)c2C1. The van der Waals surface area contributed by atoms with Gasteiger partial charge in [-0.15, -0.1) is 11.3 Å². The molecule has 5 nitrogen and oxygen atoms in total. The van der Waals surface area contributed by atoms with E-state index in [2.05, 4.69) is 12.2 Å². The van der Waals surface area contributed by atoms with Crippen molar-refractivity contribution in [2.45, 2.75) is 26.2 Å². The van der Waals surface area contributed by atoms with Crippen LogP contribution in [0.3, 0.4) is 0 Å². The third kappa shape index (κ3) is 3.91. The van der Waals surface area contributed by atoms with Gasteiger partial charge in [0.05, 0.1) is 5.56 Å². The fourth-order valence-electron chi connectivity index (χ4n) is 3.81. The number of carbonyl (C=O) groups is 3. The maximum Gasteiger partial charge on any atom is 0.256 e. The van der Waals surface area contributed by atoms with Crippen molar-refractivity contribution in [1.82, 2.24) is 0 Å². The molecule has 2 aromatic carbocycles. The number of carbonyl (C=O) groups excluding carboxylic acids is 3. The minimum absolute atomic E-state index is 0.0985. The molecule has 1 atom stereocenters. The van der Waals surface area contributed by atoms with Crippen molar-refractivity contribution in [2.24, 2.45) is 11.7 Å². The van der Waals surface area contributed by atoms with Crippen LogP contribution in [0.25, 0.3) is 0 Å². The zero-order valence-corrected chi connectivity index (χ0v) is 17.4. The Morgan fingerprint density at radius 1 is 0.967 bits per heavy atom. The van der Waals surface area contributed by atoms with Gasteiger partial charge in [0.2, 0.25) is 0 Å². The Morgan fingerprint density at radius 3 is 2.27 bits per heavy atom. The fraction of sp³-hybridized carbons (Fsp3) is 0.208. The lowest BCUT2D eigenvalue weighted by Crippen LogP contribution is -2.20. The van der Waals surface area contributed by atoms with E-state index in [1.165, 1.54) is 11.3 Å². The number of benzene rings is 2. The average Bonchev–Trinajstić information content (AvgIpc) is 3.11. The van der Waals surface area contributed by atoms with Crippen LogP contribution in [0.5, 0.6) is 0 Å². The summed E-state index contributed by atoms with van der Waals surface area (Å²) in [5.41, 5.74) is 8.56. The number of anilines is 1. The van der Waals surface area contributed by atoms with E-state index in [1.54, 1.807) is 36.4 Å². The zero-order valence-electron chi connectivity index (χ0n) is 16.6. The number of ketones is 1. The molecule has 0 saturated carbocycles. The lowest BCUT2D eigenvalue weighted by Gasteiger charge is -2.18. The van der Waals surface area contributed by atoms with Crippen LogP contribution in [-0.2, 0) is 12.8 Å². The third-order valence-corrected chi connectivity index (χ3v) is 6.63. The summed E-state index contributed by atoms with van der Waals surface area (Å²) >= 11 is 1.43. The smallest absolute Gasteiger partial charge is 0.256 e. The second-order valence-electron chi connectivity index (χ2n) is 7.65. The maximum atomic E-state index is 12.8. The van der Waals surface area contributed by atoms with Crippen molar-refractivity contribution in [2.75, 3.05) is 5.32 Å². The highest BCUT2D eigenvalue weighted by molar-refractivity contribution is 7.17. The number of hydrogen-bond acceptors (Lipinski definition) is 4. The third-order valence-electron chi connectivity index (χ3n) is 5.43. The second-order valence-corrected chi connectivity index (χ2v) is 8.75. The predicted molar refractivity (Wildman–Crippen MR) is 118 cm³/mol. The van der Waals surface area contributed by atoms with Crippen LogP contribution in [0.15, 0.2) is 54.6 Å². The maximum absolute atomic E-state index is 12.8. The van der Waals surface area contributed by atoms with Gasteiger partial charge in [-0.2, -0.15) is 0 Å². The molecule has 1 heterocycles. The Hall–Kier alpha value is -3.25. The number of thiophene rings is 1. The van der Waals surface area contributed by atoms with Gasteiger partial charge in [0.1, 0.15) is 5.00 Å². The lowest BCUT2D eigenvalue weighted by molar-refractivity contribution is 0.0998. The van der Waals surface area contributed by atoms with Crippen molar-refractivity contribution >= 4 is 33.9 Å². The average molecular weight is 419 g/mol. The molecule has 4 rings (SSSR count). The Balaban J connectivity index is 1.55. The van der Waals surface area contributed by atoms with Crippen LogP contribution in [-0.4, -0.2) is 17.6 Å². The molecular weight excluding hydrogens is 396 g/mol. The first-order valence-electron chi connectivity index (χ1n) is 9.89. The van der Waals surface area contributed by atoms with Crippen molar-refractivity contribution < 1.29 is 14.4 Å².